The highest BCUT2D eigenvalue weighted by Crippen LogP contribution is 2.12. The zero-order valence-corrected chi connectivity index (χ0v) is 31.0. The number of carbonyl (C=O) groups is 5. The van der Waals surface area contributed by atoms with E-state index in [1.54, 1.807) is 11.8 Å². The number of unbranched alkanes of at least 4 members (excludes halogenated alkanes) is 2. The Bertz CT molecular complexity index is 1400. The van der Waals surface area contributed by atoms with Gasteiger partial charge in [-0.25, -0.2) is 9.59 Å². The highest BCUT2D eigenvalue weighted by atomic mass is 16.6. The van der Waals surface area contributed by atoms with Crippen molar-refractivity contribution in [2.45, 2.75) is 97.0 Å². The molecule has 2 atom stereocenters. The van der Waals surface area contributed by atoms with Crippen molar-refractivity contribution in [3.63, 3.8) is 0 Å². The standard InChI is InChI=1S/C38H57N7O8/c1-3-15-34(47)53-32(20-10-11-22-42-36(39)40)26-33(46)44-29(2)35(48)41-21-12-13-24-45(38(50)52-28-31-18-8-5-9-19-31)25-14-23-43-37(49)51-27-30-16-6-4-7-17-30/h4-9,16-19,29,32H,3,10-15,20-28H2,1-2H3,(H,41,48)(H,43,49)(H,44,46)(H4,39,40,42)/t29-,32?/m0/s1. The third kappa shape index (κ3) is 20.9. The zero-order valence-electron chi connectivity index (χ0n) is 31.0. The van der Waals surface area contributed by atoms with Gasteiger partial charge in [-0.3, -0.25) is 19.8 Å². The van der Waals surface area contributed by atoms with Gasteiger partial charge in [0.15, 0.2) is 5.96 Å². The Hall–Kier alpha value is -5.34. The largest absolute Gasteiger partial charge is 0.462 e. The highest BCUT2D eigenvalue weighted by Gasteiger charge is 2.22. The first-order chi connectivity index (χ1) is 25.6. The second-order valence-electron chi connectivity index (χ2n) is 12.6. The van der Waals surface area contributed by atoms with Crippen molar-refractivity contribution < 1.29 is 38.2 Å². The molecule has 0 fully saturated rings. The van der Waals surface area contributed by atoms with E-state index >= 15 is 0 Å². The fraction of sp³-hybridized carbons (Fsp3) is 0.526. The van der Waals surface area contributed by atoms with Crippen molar-refractivity contribution in [1.82, 2.24) is 26.2 Å². The number of ether oxygens (including phenoxy) is 3. The van der Waals surface area contributed by atoms with Gasteiger partial charge in [-0.05, 0) is 63.0 Å². The zero-order chi connectivity index (χ0) is 38.7. The minimum atomic E-state index is -0.814. The molecule has 53 heavy (non-hydrogen) atoms. The lowest BCUT2D eigenvalue weighted by molar-refractivity contribution is -0.151. The molecule has 15 nitrogen and oxygen atoms in total. The van der Waals surface area contributed by atoms with Crippen molar-refractivity contribution in [3.8, 4) is 0 Å². The van der Waals surface area contributed by atoms with Crippen LogP contribution in [-0.2, 0) is 41.8 Å². The van der Waals surface area contributed by atoms with E-state index in [2.05, 4.69) is 21.3 Å². The number of rotatable bonds is 25. The van der Waals surface area contributed by atoms with Gasteiger partial charge in [-0.15, -0.1) is 0 Å². The summed E-state index contributed by atoms with van der Waals surface area (Å²) in [4.78, 5) is 64.3. The lowest BCUT2D eigenvalue weighted by Crippen LogP contribution is -2.46. The van der Waals surface area contributed by atoms with Gasteiger partial charge in [-0.1, -0.05) is 67.6 Å². The number of hydrogen-bond acceptors (Lipinski definition) is 9. The van der Waals surface area contributed by atoms with Crippen LogP contribution in [0.5, 0.6) is 0 Å². The maximum Gasteiger partial charge on any atom is 0.410 e. The molecule has 0 saturated heterocycles. The molecule has 0 radical (unpaired) electrons. The van der Waals surface area contributed by atoms with Crippen molar-refractivity contribution in [2.24, 2.45) is 5.73 Å². The van der Waals surface area contributed by atoms with Gasteiger partial charge in [0.05, 0.1) is 6.42 Å². The highest BCUT2D eigenvalue weighted by molar-refractivity contribution is 5.87. The first-order valence-electron chi connectivity index (χ1n) is 18.3. The Morgan fingerprint density at radius 1 is 0.774 bits per heavy atom. The van der Waals surface area contributed by atoms with E-state index in [-0.39, 0.29) is 43.9 Å². The number of guanidine groups is 1. The molecule has 15 heteroatoms. The van der Waals surface area contributed by atoms with Crippen molar-refractivity contribution in [2.75, 3.05) is 32.7 Å². The predicted octanol–water partition coefficient (Wildman–Crippen LogP) is 4.10. The Morgan fingerprint density at radius 3 is 2.00 bits per heavy atom. The molecule has 0 aliphatic carbocycles. The number of benzene rings is 2. The maximum absolute atomic E-state index is 13.0. The van der Waals surface area contributed by atoms with Crippen LogP contribution in [0.4, 0.5) is 9.59 Å². The molecule has 2 aromatic rings. The van der Waals surface area contributed by atoms with E-state index in [0.29, 0.717) is 77.7 Å². The Labute approximate surface area is 312 Å². The number of alkyl carbamates (subject to hydrolysis) is 1. The maximum atomic E-state index is 13.0. The summed E-state index contributed by atoms with van der Waals surface area (Å²) >= 11 is 0. The fourth-order valence-electron chi connectivity index (χ4n) is 5.08. The average Bonchev–Trinajstić information content (AvgIpc) is 3.14. The molecular weight excluding hydrogens is 682 g/mol. The van der Waals surface area contributed by atoms with Crippen molar-refractivity contribution in [1.29, 1.82) is 5.41 Å². The molecule has 2 aromatic carbocycles. The van der Waals surface area contributed by atoms with Gasteiger partial charge >= 0.3 is 18.2 Å². The van der Waals surface area contributed by atoms with Crippen LogP contribution < -0.4 is 27.0 Å². The summed E-state index contributed by atoms with van der Waals surface area (Å²) in [6, 6.07) is 17.9. The van der Waals surface area contributed by atoms with Crippen LogP contribution >= 0.6 is 0 Å². The third-order valence-corrected chi connectivity index (χ3v) is 7.91. The quantitative estimate of drug-likeness (QED) is 0.0282. The molecule has 0 aliphatic rings. The molecule has 0 heterocycles. The lowest BCUT2D eigenvalue weighted by atomic mass is 10.1. The summed E-state index contributed by atoms with van der Waals surface area (Å²) in [5, 5.41) is 18.1. The lowest BCUT2D eigenvalue weighted by Gasteiger charge is -2.22. The van der Waals surface area contributed by atoms with Crippen LogP contribution in [0.2, 0.25) is 0 Å². The summed E-state index contributed by atoms with van der Waals surface area (Å²) in [6.07, 6.45) is 2.54. The summed E-state index contributed by atoms with van der Waals surface area (Å²) in [5.74, 6) is -1.27. The molecule has 1 unspecified atom stereocenters. The van der Waals surface area contributed by atoms with E-state index in [9.17, 15) is 24.0 Å². The number of nitrogens with zero attached hydrogens (tertiary/aromatic N) is 1. The molecule has 0 bridgehead atoms. The van der Waals surface area contributed by atoms with Gasteiger partial charge in [0, 0.05) is 39.1 Å². The van der Waals surface area contributed by atoms with Crippen LogP contribution in [0.1, 0.15) is 82.8 Å². The smallest absolute Gasteiger partial charge is 0.410 e. The monoisotopic (exact) mass is 739 g/mol. The molecule has 292 valence electrons. The Morgan fingerprint density at radius 2 is 1.36 bits per heavy atom. The van der Waals surface area contributed by atoms with Gasteiger partial charge < -0.3 is 46.1 Å². The van der Waals surface area contributed by atoms with E-state index in [4.69, 9.17) is 25.4 Å². The molecule has 0 spiro atoms. The van der Waals surface area contributed by atoms with Gasteiger partial charge in [0.25, 0.3) is 0 Å². The van der Waals surface area contributed by atoms with Crippen LogP contribution in [0.15, 0.2) is 60.7 Å². The predicted molar refractivity (Wildman–Crippen MR) is 200 cm³/mol. The van der Waals surface area contributed by atoms with Crippen molar-refractivity contribution in [3.05, 3.63) is 71.8 Å². The minimum absolute atomic E-state index is 0.0756. The fourth-order valence-corrected chi connectivity index (χ4v) is 5.08. The van der Waals surface area contributed by atoms with E-state index < -0.39 is 30.2 Å². The first-order valence-corrected chi connectivity index (χ1v) is 18.3. The topological polar surface area (TPSA) is 214 Å². The van der Waals surface area contributed by atoms with Crippen LogP contribution in [0, 0.1) is 5.41 Å². The molecular formula is C38H57N7O8. The number of nitrogens with two attached hydrogens (primary N) is 1. The van der Waals surface area contributed by atoms with E-state index in [0.717, 1.165) is 11.1 Å². The number of hydrogen-bond donors (Lipinski definition) is 6. The number of carbonyl (C=O) groups excluding carboxylic acids is 5. The second-order valence-corrected chi connectivity index (χ2v) is 12.6. The average molecular weight is 740 g/mol. The Balaban J connectivity index is 1.77. The summed E-state index contributed by atoms with van der Waals surface area (Å²) in [5.41, 5.74) is 7.04. The molecule has 0 aromatic heterocycles. The van der Waals surface area contributed by atoms with Gasteiger partial charge in [-0.2, -0.15) is 0 Å². The summed E-state index contributed by atoms with van der Waals surface area (Å²) < 4.78 is 16.3. The van der Waals surface area contributed by atoms with E-state index in [1.807, 2.05) is 67.6 Å². The van der Waals surface area contributed by atoms with Crippen LogP contribution in [0.3, 0.4) is 0 Å². The van der Waals surface area contributed by atoms with Crippen LogP contribution in [0.25, 0.3) is 0 Å². The molecule has 7 N–H and O–H groups in total. The summed E-state index contributed by atoms with van der Waals surface area (Å²) in [6.45, 7) is 5.56. The van der Waals surface area contributed by atoms with Crippen molar-refractivity contribution >= 4 is 35.9 Å². The number of amides is 4. The number of esters is 1. The van der Waals surface area contributed by atoms with Gasteiger partial charge in [0.1, 0.15) is 25.4 Å². The normalized spacial score (nSPS) is 11.7. The third-order valence-electron chi connectivity index (χ3n) is 7.91. The molecule has 4 amide bonds. The molecule has 0 saturated carbocycles. The van der Waals surface area contributed by atoms with Crippen LogP contribution in [-0.4, -0.2) is 85.7 Å². The molecule has 0 aliphatic heterocycles. The molecule has 2 rings (SSSR count). The summed E-state index contributed by atoms with van der Waals surface area (Å²) in [7, 11) is 0. The SMILES string of the molecule is CCCC(=O)OC(CCCCNC(=N)N)CC(=O)N[C@@H](C)C(=O)NCCCCN(CCCNC(=O)OCc1ccccc1)C(=O)OCc1ccccc1. The Kier molecular flexibility index (Phi) is 21.9. The van der Waals surface area contributed by atoms with Gasteiger partial charge in [0.2, 0.25) is 11.8 Å². The number of nitrogens with one attached hydrogen (secondary N) is 5. The first kappa shape index (κ1) is 43.8. The minimum Gasteiger partial charge on any atom is -0.462 e. The van der Waals surface area contributed by atoms with E-state index in [1.165, 1.54) is 0 Å². The second kappa shape index (κ2) is 26.4.